The van der Waals surface area contributed by atoms with E-state index in [0.29, 0.717) is 29.2 Å². The minimum Gasteiger partial charge on any atom is -0.394 e. The monoisotopic (exact) mass is 484 g/mol. The van der Waals surface area contributed by atoms with E-state index >= 15 is 0 Å². The summed E-state index contributed by atoms with van der Waals surface area (Å²) in [5.74, 6) is 0.0707. The van der Waals surface area contributed by atoms with Crippen molar-refractivity contribution < 1.29 is 29.6 Å². The van der Waals surface area contributed by atoms with Gasteiger partial charge < -0.3 is 35.8 Å². The third kappa shape index (κ3) is 4.58. The summed E-state index contributed by atoms with van der Waals surface area (Å²) >= 11 is 0. The fourth-order valence-electron chi connectivity index (χ4n) is 4.69. The molecule has 1 saturated carbocycles. The third-order valence-corrected chi connectivity index (χ3v) is 6.63. The highest BCUT2D eigenvalue weighted by Crippen LogP contribution is 2.33. The predicted molar refractivity (Wildman–Crippen MR) is 123 cm³/mol. The van der Waals surface area contributed by atoms with E-state index in [9.17, 15) is 20.1 Å². The van der Waals surface area contributed by atoms with E-state index < -0.39 is 37.1 Å². The van der Waals surface area contributed by atoms with Gasteiger partial charge in [-0.3, -0.25) is 9.36 Å². The zero-order valence-corrected chi connectivity index (χ0v) is 18.9. The first kappa shape index (κ1) is 23.6. The summed E-state index contributed by atoms with van der Waals surface area (Å²) in [6, 6.07) is 7.04. The minimum absolute atomic E-state index is 0.0112. The van der Waals surface area contributed by atoms with Gasteiger partial charge in [0.2, 0.25) is 5.91 Å². The van der Waals surface area contributed by atoms with Crippen molar-refractivity contribution in [2.75, 3.05) is 11.9 Å². The molecule has 12 nitrogen and oxygen atoms in total. The number of nitrogens with two attached hydrogens (primary N) is 1. The Bertz CT molecular complexity index is 1190. The molecule has 1 aliphatic heterocycles. The number of nitrogens with one attached hydrogen (secondary N) is 1. The molecule has 1 saturated heterocycles. The van der Waals surface area contributed by atoms with E-state index in [1.807, 2.05) is 12.1 Å². The summed E-state index contributed by atoms with van der Waals surface area (Å²) in [5.41, 5.74) is 7.63. The molecule has 2 aliphatic rings. The van der Waals surface area contributed by atoms with E-state index in [1.54, 1.807) is 12.1 Å². The number of fused-ring (bicyclic) bond motifs is 1. The van der Waals surface area contributed by atoms with Gasteiger partial charge in [0.05, 0.1) is 31.7 Å². The maximum atomic E-state index is 11.2. The molecular formula is C23H28N6O6. The fourth-order valence-corrected chi connectivity index (χ4v) is 4.69. The van der Waals surface area contributed by atoms with Gasteiger partial charge in [-0.2, -0.15) is 0 Å². The Morgan fingerprint density at radius 1 is 1.17 bits per heavy atom. The number of rotatable bonds is 8. The molecule has 2 unspecified atom stereocenters. The van der Waals surface area contributed by atoms with Crippen molar-refractivity contribution in [2.24, 2.45) is 5.73 Å². The lowest BCUT2D eigenvalue weighted by atomic mass is 10.1. The molecule has 2 aromatic heterocycles. The van der Waals surface area contributed by atoms with Crippen molar-refractivity contribution in [1.29, 1.82) is 0 Å². The first-order valence-corrected chi connectivity index (χ1v) is 11.5. The molecule has 12 heteroatoms. The second kappa shape index (κ2) is 9.84. The van der Waals surface area contributed by atoms with Crippen molar-refractivity contribution in [3.8, 4) is 0 Å². The number of hydrogen-bond donors (Lipinski definition) is 5. The van der Waals surface area contributed by atoms with E-state index in [1.165, 1.54) is 17.2 Å². The maximum Gasteiger partial charge on any atom is 0.248 e. The Balaban J connectivity index is 1.29. The summed E-state index contributed by atoms with van der Waals surface area (Å²) in [6.45, 7) is -0.0114. The van der Waals surface area contributed by atoms with Crippen LogP contribution in [-0.4, -0.2) is 77.8 Å². The van der Waals surface area contributed by atoms with Gasteiger partial charge in [-0.05, 0) is 37.0 Å². The van der Waals surface area contributed by atoms with Crippen molar-refractivity contribution in [3.63, 3.8) is 0 Å². The number of hydrogen-bond acceptors (Lipinski definition) is 10. The lowest BCUT2D eigenvalue weighted by molar-refractivity contribution is -0.0511. The summed E-state index contributed by atoms with van der Waals surface area (Å²) in [7, 11) is 0. The predicted octanol–water partition coefficient (Wildman–Crippen LogP) is 0.0865. The number of aliphatic hydroxyl groups is 3. The van der Waals surface area contributed by atoms with Crippen molar-refractivity contribution in [3.05, 3.63) is 48.0 Å². The maximum absolute atomic E-state index is 11.2. The first-order valence-electron chi connectivity index (χ1n) is 11.5. The zero-order valence-electron chi connectivity index (χ0n) is 18.9. The fraction of sp³-hybridized carbons (Fsp3) is 0.478. The Hall–Kier alpha value is -3.16. The lowest BCUT2D eigenvalue weighted by Gasteiger charge is -2.22. The van der Waals surface area contributed by atoms with Crippen molar-refractivity contribution in [2.45, 2.75) is 62.6 Å². The molecule has 2 fully saturated rings. The molecule has 0 radical (unpaired) electrons. The topological polar surface area (TPSA) is 178 Å². The van der Waals surface area contributed by atoms with Crippen LogP contribution in [0.1, 0.15) is 41.4 Å². The van der Waals surface area contributed by atoms with Gasteiger partial charge in [-0.15, -0.1) is 0 Å². The van der Waals surface area contributed by atoms with Crippen LogP contribution in [0.5, 0.6) is 0 Å². The Morgan fingerprint density at radius 2 is 1.97 bits per heavy atom. The number of primary amides is 1. The van der Waals surface area contributed by atoms with Gasteiger partial charge in [-0.1, -0.05) is 12.1 Å². The number of ether oxygens (including phenoxy) is 2. The summed E-state index contributed by atoms with van der Waals surface area (Å²) in [6.07, 6.45) is 1.33. The second-order valence-electron chi connectivity index (χ2n) is 8.87. The minimum atomic E-state index is -1.24. The van der Waals surface area contributed by atoms with E-state index in [4.69, 9.17) is 15.2 Å². The third-order valence-electron chi connectivity index (χ3n) is 6.63. The van der Waals surface area contributed by atoms with E-state index in [0.717, 1.165) is 24.8 Å². The van der Waals surface area contributed by atoms with Crippen LogP contribution in [0, 0.1) is 0 Å². The molecule has 1 aromatic carbocycles. The average molecular weight is 485 g/mol. The number of aliphatic hydroxyl groups excluding tert-OH is 3. The summed E-state index contributed by atoms with van der Waals surface area (Å²) in [5, 5.41) is 33.3. The smallest absolute Gasteiger partial charge is 0.248 e. The largest absolute Gasteiger partial charge is 0.394 e. The Kier molecular flexibility index (Phi) is 6.62. The number of carbonyl (C=O) groups excluding carboxylic acids is 1. The van der Waals surface area contributed by atoms with Gasteiger partial charge in [0.15, 0.2) is 23.2 Å². The zero-order chi connectivity index (χ0) is 24.5. The molecule has 6 N–H and O–H groups in total. The van der Waals surface area contributed by atoms with Gasteiger partial charge in [-0.25, -0.2) is 15.0 Å². The lowest BCUT2D eigenvalue weighted by Crippen LogP contribution is -2.33. The van der Waals surface area contributed by atoms with Gasteiger partial charge in [0.1, 0.15) is 24.6 Å². The number of amides is 1. The number of aromatic nitrogens is 4. The number of anilines is 1. The molecule has 6 atom stereocenters. The number of carbonyl (C=O) groups is 1. The van der Waals surface area contributed by atoms with Crippen LogP contribution in [0.4, 0.5) is 5.82 Å². The molecule has 0 bridgehead atoms. The summed E-state index contributed by atoms with van der Waals surface area (Å²) in [4.78, 5) is 24.3. The SMILES string of the molecule is NC(=O)c1ccc(CO[C@@H]2CCC[C@H]2Nc2ncnc3c2ncn3C2OC(CO)[C@@H](O)[C@H]2O)cc1. The molecule has 1 amide bonds. The van der Waals surface area contributed by atoms with Gasteiger partial charge >= 0.3 is 0 Å². The first-order chi connectivity index (χ1) is 17.0. The molecule has 0 spiro atoms. The molecule has 1 aliphatic carbocycles. The molecule has 3 heterocycles. The second-order valence-corrected chi connectivity index (χ2v) is 8.87. The van der Waals surface area contributed by atoms with Crippen LogP contribution in [0.3, 0.4) is 0 Å². The highest BCUT2D eigenvalue weighted by molar-refractivity contribution is 5.92. The molecule has 35 heavy (non-hydrogen) atoms. The average Bonchev–Trinajstić information content (AvgIpc) is 3.57. The number of benzene rings is 1. The van der Waals surface area contributed by atoms with Crippen LogP contribution < -0.4 is 11.1 Å². The Morgan fingerprint density at radius 3 is 2.69 bits per heavy atom. The van der Waals surface area contributed by atoms with Crippen LogP contribution in [0.2, 0.25) is 0 Å². The number of imidazole rings is 1. The van der Waals surface area contributed by atoms with Crippen molar-refractivity contribution in [1.82, 2.24) is 19.5 Å². The number of nitrogens with zero attached hydrogens (tertiary/aromatic N) is 4. The molecule has 3 aromatic rings. The van der Waals surface area contributed by atoms with Crippen LogP contribution >= 0.6 is 0 Å². The molecule has 5 rings (SSSR count). The van der Waals surface area contributed by atoms with Gasteiger partial charge in [0, 0.05) is 5.56 Å². The molecular weight excluding hydrogens is 456 g/mol. The highest BCUT2D eigenvalue weighted by atomic mass is 16.6. The van der Waals surface area contributed by atoms with Crippen molar-refractivity contribution >= 4 is 22.9 Å². The van der Waals surface area contributed by atoms with Crippen LogP contribution in [-0.2, 0) is 16.1 Å². The normalized spacial score (nSPS) is 28.5. The van der Waals surface area contributed by atoms with E-state index in [-0.39, 0.29) is 12.1 Å². The quantitative estimate of drug-likeness (QED) is 0.294. The Labute approximate surface area is 200 Å². The molecule has 186 valence electrons. The highest BCUT2D eigenvalue weighted by Gasteiger charge is 2.44. The summed E-state index contributed by atoms with van der Waals surface area (Å²) < 4.78 is 13.3. The van der Waals surface area contributed by atoms with E-state index in [2.05, 4.69) is 20.3 Å². The van der Waals surface area contributed by atoms with Gasteiger partial charge in [0.25, 0.3) is 0 Å². The van der Waals surface area contributed by atoms with Crippen LogP contribution in [0.15, 0.2) is 36.9 Å². The standard InChI is InChI=1S/C23H28N6O6/c24-20(33)13-6-4-12(5-7-13)9-34-15-3-1-2-14(15)28-21-17-22(26-10-25-21)29(11-27-17)23-19(32)18(31)16(8-30)35-23/h4-7,10-11,14-16,18-19,23,30-32H,1-3,8-9H2,(H2,24,33)(H,25,26,28)/t14-,15-,16?,18-,19-,23?/m1/s1. The van der Waals surface area contributed by atoms with Crippen LogP contribution in [0.25, 0.3) is 11.2 Å².